The first-order valence-electron chi connectivity index (χ1n) is 4.51. The van der Waals surface area contributed by atoms with Crippen LogP contribution in [0, 0.1) is 0 Å². The van der Waals surface area contributed by atoms with Crippen molar-refractivity contribution in [1.82, 2.24) is 4.98 Å². The first-order valence-corrected chi connectivity index (χ1v) is 4.51. The van der Waals surface area contributed by atoms with E-state index in [2.05, 4.69) is 14.5 Å². The van der Waals surface area contributed by atoms with Gasteiger partial charge in [-0.15, -0.1) is 13.2 Å². The van der Waals surface area contributed by atoms with Gasteiger partial charge in [-0.1, -0.05) is 0 Å². The van der Waals surface area contributed by atoms with E-state index in [1.165, 1.54) is 0 Å². The summed E-state index contributed by atoms with van der Waals surface area (Å²) in [6.07, 6.45) is -8.27. The normalized spacial score (nSPS) is 11.5. The van der Waals surface area contributed by atoms with Crippen molar-refractivity contribution >= 4 is 5.97 Å². The third-order valence-electron chi connectivity index (χ3n) is 1.89. The number of alkyl halides is 5. The first kappa shape index (κ1) is 14.9. The van der Waals surface area contributed by atoms with E-state index >= 15 is 0 Å². The number of aromatic carboxylic acids is 1. The second-order valence-corrected chi connectivity index (χ2v) is 3.07. The van der Waals surface area contributed by atoms with Gasteiger partial charge in [0.1, 0.15) is 0 Å². The van der Waals surface area contributed by atoms with Crippen LogP contribution in [-0.2, 0) is 0 Å². The maximum Gasteiger partial charge on any atom is 0.573 e. The van der Waals surface area contributed by atoms with Crippen molar-refractivity contribution in [3.05, 3.63) is 17.5 Å². The molecule has 0 atom stereocenters. The lowest BCUT2D eigenvalue weighted by Gasteiger charge is -2.16. The molecule has 1 aromatic rings. The molecule has 1 aromatic heterocycles. The summed E-state index contributed by atoms with van der Waals surface area (Å²) in [6.45, 7) is 0. The third kappa shape index (κ3) is 3.42. The largest absolute Gasteiger partial charge is 0.573 e. The van der Waals surface area contributed by atoms with E-state index in [0.29, 0.717) is 6.20 Å². The Labute approximate surface area is 102 Å². The van der Waals surface area contributed by atoms with Crippen LogP contribution in [0.4, 0.5) is 22.0 Å². The molecule has 0 spiro atoms. The number of methoxy groups -OCH3 is 1. The molecule has 0 fully saturated rings. The number of pyridine rings is 1. The van der Waals surface area contributed by atoms with Crippen molar-refractivity contribution in [2.24, 2.45) is 0 Å². The van der Waals surface area contributed by atoms with Crippen LogP contribution in [-0.4, -0.2) is 29.5 Å². The van der Waals surface area contributed by atoms with Crippen molar-refractivity contribution < 1.29 is 41.3 Å². The van der Waals surface area contributed by atoms with Crippen molar-refractivity contribution in [1.29, 1.82) is 0 Å². The molecule has 0 aliphatic rings. The van der Waals surface area contributed by atoms with E-state index in [0.717, 1.165) is 7.11 Å². The van der Waals surface area contributed by atoms with Crippen LogP contribution in [0.2, 0.25) is 0 Å². The molecule has 0 saturated heterocycles. The average Bonchev–Trinajstić information content (AvgIpc) is 2.25. The van der Waals surface area contributed by atoms with Gasteiger partial charge in [0.05, 0.1) is 18.9 Å². The van der Waals surface area contributed by atoms with E-state index < -0.39 is 41.5 Å². The Hall–Kier alpha value is -2.13. The van der Waals surface area contributed by atoms with Gasteiger partial charge in [0.25, 0.3) is 6.43 Å². The smallest absolute Gasteiger partial charge is 0.491 e. The van der Waals surface area contributed by atoms with E-state index in [9.17, 15) is 26.7 Å². The molecule has 5 nitrogen and oxygen atoms in total. The van der Waals surface area contributed by atoms with E-state index in [4.69, 9.17) is 5.11 Å². The molecule has 1 heterocycles. The molecule has 10 heteroatoms. The zero-order chi connectivity index (χ0) is 14.8. The van der Waals surface area contributed by atoms with Crippen LogP contribution >= 0.6 is 0 Å². The van der Waals surface area contributed by atoms with Crippen LogP contribution in [0.5, 0.6) is 11.5 Å². The average molecular weight is 287 g/mol. The minimum absolute atomic E-state index is 0.552. The SMILES string of the molecule is COc1cnc(C(=O)O)c(C(F)F)c1OC(F)(F)F. The molecule has 1 N–H and O–H groups in total. The highest BCUT2D eigenvalue weighted by Crippen LogP contribution is 2.41. The second-order valence-electron chi connectivity index (χ2n) is 3.07. The Morgan fingerprint density at radius 1 is 1.42 bits per heavy atom. The standard InChI is InChI=1S/C9H6F5NO4/c1-18-3-2-15-5(8(16)17)4(7(10)11)6(3)19-9(12,13)14/h2,7H,1H3,(H,16,17). The molecule has 0 radical (unpaired) electrons. The van der Waals surface area contributed by atoms with Crippen LogP contribution in [0.15, 0.2) is 6.20 Å². The van der Waals surface area contributed by atoms with Gasteiger partial charge < -0.3 is 14.6 Å². The molecule has 0 bridgehead atoms. The Kier molecular flexibility index (Phi) is 4.12. The van der Waals surface area contributed by atoms with Crippen LogP contribution in [0.25, 0.3) is 0 Å². The summed E-state index contributed by atoms with van der Waals surface area (Å²) in [7, 11) is 0.899. The van der Waals surface area contributed by atoms with E-state index in [1.807, 2.05) is 0 Å². The Balaban J connectivity index is 3.52. The molecule has 0 aliphatic heterocycles. The summed E-state index contributed by atoms with van der Waals surface area (Å²) in [4.78, 5) is 13.8. The second kappa shape index (κ2) is 5.24. The Bertz CT molecular complexity index is 488. The highest BCUT2D eigenvalue weighted by molar-refractivity contribution is 5.88. The highest BCUT2D eigenvalue weighted by atomic mass is 19.4. The number of aromatic nitrogens is 1. The molecule has 0 unspecified atom stereocenters. The molecule has 0 saturated carbocycles. The molecule has 0 aromatic carbocycles. The first-order chi connectivity index (χ1) is 8.67. The molecule has 19 heavy (non-hydrogen) atoms. The number of hydrogen-bond donors (Lipinski definition) is 1. The van der Waals surface area contributed by atoms with Crippen LogP contribution in [0.1, 0.15) is 22.5 Å². The molecule has 1 rings (SSSR count). The Morgan fingerprint density at radius 2 is 2.00 bits per heavy atom. The summed E-state index contributed by atoms with van der Waals surface area (Å²) >= 11 is 0. The molecule has 106 valence electrons. The number of carbonyl (C=O) groups is 1. The number of halogens is 5. The fourth-order valence-electron chi connectivity index (χ4n) is 1.23. The van der Waals surface area contributed by atoms with Gasteiger partial charge in [-0.3, -0.25) is 0 Å². The lowest BCUT2D eigenvalue weighted by Crippen LogP contribution is -2.20. The Morgan fingerprint density at radius 3 is 2.37 bits per heavy atom. The predicted molar refractivity (Wildman–Crippen MR) is 49.4 cm³/mol. The van der Waals surface area contributed by atoms with Crippen molar-refractivity contribution in [2.45, 2.75) is 12.8 Å². The fraction of sp³-hybridized carbons (Fsp3) is 0.333. The lowest BCUT2D eigenvalue weighted by molar-refractivity contribution is -0.275. The number of carboxylic acid groups (broad SMARTS) is 1. The summed E-state index contributed by atoms with van der Waals surface area (Å²) in [5.74, 6) is -4.08. The van der Waals surface area contributed by atoms with Gasteiger partial charge in [0.15, 0.2) is 17.2 Å². The zero-order valence-electron chi connectivity index (χ0n) is 9.16. The minimum atomic E-state index is -5.28. The van der Waals surface area contributed by atoms with Gasteiger partial charge in [0, 0.05) is 0 Å². The quantitative estimate of drug-likeness (QED) is 0.862. The van der Waals surface area contributed by atoms with Crippen LogP contribution < -0.4 is 9.47 Å². The summed E-state index contributed by atoms with van der Waals surface area (Å²) in [5, 5.41) is 8.63. The third-order valence-corrected chi connectivity index (χ3v) is 1.89. The summed E-state index contributed by atoms with van der Waals surface area (Å²) in [6, 6.07) is 0. The highest BCUT2D eigenvalue weighted by Gasteiger charge is 2.37. The lowest BCUT2D eigenvalue weighted by atomic mass is 10.1. The van der Waals surface area contributed by atoms with Crippen LogP contribution in [0.3, 0.4) is 0 Å². The van der Waals surface area contributed by atoms with Gasteiger partial charge in [0.2, 0.25) is 0 Å². The molecular weight excluding hydrogens is 281 g/mol. The van der Waals surface area contributed by atoms with Crippen molar-refractivity contribution in [2.75, 3.05) is 7.11 Å². The zero-order valence-corrected chi connectivity index (χ0v) is 9.16. The van der Waals surface area contributed by atoms with E-state index in [1.54, 1.807) is 0 Å². The summed E-state index contributed by atoms with van der Waals surface area (Å²) < 4.78 is 69.7. The number of ether oxygens (including phenoxy) is 2. The topological polar surface area (TPSA) is 68.7 Å². The van der Waals surface area contributed by atoms with Gasteiger partial charge in [-0.05, 0) is 0 Å². The molecule has 0 aliphatic carbocycles. The monoisotopic (exact) mass is 287 g/mol. The van der Waals surface area contributed by atoms with Gasteiger partial charge >= 0.3 is 12.3 Å². The molecule has 0 amide bonds. The van der Waals surface area contributed by atoms with Crippen molar-refractivity contribution in [3.8, 4) is 11.5 Å². The summed E-state index contributed by atoms with van der Waals surface area (Å²) in [5.41, 5.74) is -2.74. The van der Waals surface area contributed by atoms with Gasteiger partial charge in [-0.25, -0.2) is 18.6 Å². The van der Waals surface area contributed by atoms with E-state index in [-0.39, 0.29) is 0 Å². The van der Waals surface area contributed by atoms with Crippen molar-refractivity contribution in [3.63, 3.8) is 0 Å². The fourth-order valence-corrected chi connectivity index (χ4v) is 1.23. The number of hydrogen-bond acceptors (Lipinski definition) is 4. The maximum atomic E-state index is 12.7. The predicted octanol–water partition coefficient (Wildman–Crippen LogP) is 2.62. The minimum Gasteiger partial charge on any atom is -0.491 e. The number of nitrogens with zero attached hydrogens (tertiary/aromatic N) is 1. The number of carboxylic acids is 1. The maximum absolute atomic E-state index is 12.7. The van der Waals surface area contributed by atoms with Gasteiger partial charge in [-0.2, -0.15) is 0 Å². The molecular formula is C9H6F5NO4. The number of rotatable bonds is 4.